The first-order chi connectivity index (χ1) is 12.7. The maximum Gasteiger partial charge on any atom is 0.255 e. The Balaban J connectivity index is 1.85. The fourth-order valence-electron chi connectivity index (χ4n) is 2.59. The van der Waals surface area contributed by atoms with Crippen LogP contribution in [-0.2, 0) is 5.75 Å². The van der Waals surface area contributed by atoms with Gasteiger partial charge >= 0.3 is 0 Å². The second-order valence-electron chi connectivity index (χ2n) is 5.98. The molecular weight excluding hydrogens is 344 g/mol. The number of ether oxygens (including phenoxy) is 1. The van der Waals surface area contributed by atoms with Gasteiger partial charge in [0.25, 0.3) is 5.91 Å². The van der Waals surface area contributed by atoms with Crippen molar-refractivity contribution < 1.29 is 9.53 Å². The number of nitrogens with one attached hydrogen (secondary N) is 1. The number of thioether (sulfide) groups is 1. The van der Waals surface area contributed by atoms with E-state index in [0.717, 1.165) is 36.8 Å². The lowest BCUT2D eigenvalue weighted by molar-refractivity contribution is 0.102. The van der Waals surface area contributed by atoms with Crippen LogP contribution >= 0.6 is 11.8 Å². The first-order valence-corrected chi connectivity index (χ1v) is 10.4. The molecule has 0 saturated heterocycles. The van der Waals surface area contributed by atoms with Gasteiger partial charge in [-0.25, -0.2) is 0 Å². The molecule has 4 nitrogen and oxygen atoms in total. The largest absolute Gasteiger partial charge is 0.492 e. The van der Waals surface area contributed by atoms with Gasteiger partial charge in [0.1, 0.15) is 12.4 Å². The summed E-state index contributed by atoms with van der Waals surface area (Å²) in [6.45, 7) is 7.94. The van der Waals surface area contributed by atoms with Crippen LogP contribution in [0.5, 0.6) is 5.75 Å². The van der Waals surface area contributed by atoms with Crippen molar-refractivity contribution in [2.45, 2.75) is 19.6 Å². The number of likely N-dealkylation sites (N-methyl/N-ethyl adjacent to an activating group) is 1. The quantitative estimate of drug-likeness (QED) is 0.666. The molecule has 0 heterocycles. The molecule has 0 fully saturated rings. The van der Waals surface area contributed by atoms with Gasteiger partial charge in [-0.15, -0.1) is 0 Å². The van der Waals surface area contributed by atoms with Gasteiger partial charge in [0.2, 0.25) is 0 Å². The number of hydrogen-bond acceptors (Lipinski definition) is 4. The first kappa shape index (κ1) is 20.3. The highest BCUT2D eigenvalue weighted by Gasteiger charge is 2.06. The Morgan fingerprint density at radius 2 is 1.69 bits per heavy atom. The molecule has 0 saturated carbocycles. The highest BCUT2D eigenvalue weighted by Crippen LogP contribution is 2.17. The van der Waals surface area contributed by atoms with E-state index in [-0.39, 0.29) is 5.91 Å². The molecule has 0 bridgehead atoms. The molecule has 26 heavy (non-hydrogen) atoms. The van der Waals surface area contributed by atoms with Gasteiger partial charge in [0.15, 0.2) is 0 Å². The summed E-state index contributed by atoms with van der Waals surface area (Å²) in [4.78, 5) is 14.6. The van der Waals surface area contributed by atoms with E-state index in [1.807, 2.05) is 48.5 Å². The third-order valence-electron chi connectivity index (χ3n) is 4.21. The lowest BCUT2D eigenvalue weighted by Crippen LogP contribution is -2.27. The normalized spacial score (nSPS) is 10.8. The van der Waals surface area contributed by atoms with E-state index < -0.39 is 0 Å². The van der Waals surface area contributed by atoms with E-state index >= 15 is 0 Å². The zero-order valence-corrected chi connectivity index (χ0v) is 16.6. The van der Waals surface area contributed by atoms with Gasteiger partial charge in [-0.2, -0.15) is 11.8 Å². The van der Waals surface area contributed by atoms with Crippen molar-refractivity contribution in [3.8, 4) is 5.75 Å². The Bertz CT molecular complexity index is 667. The zero-order valence-electron chi connectivity index (χ0n) is 15.8. The lowest BCUT2D eigenvalue weighted by Gasteiger charge is -2.18. The second-order valence-corrected chi connectivity index (χ2v) is 6.85. The van der Waals surface area contributed by atoms with Gasteiger partial charge < -0.3 is 15.0 Å². The maximum atomic E-state index is 12.3. The predicted octanol–water partition coefficient (Wildman–Crippen LogP) is 4.52. The van der Waals surface area contributed by atoms with Crippen molar-refractivity contribution in [1.82, 2.24) is 4.90 Å². The van der Waals surface area contributed by atoms with Crippen molar-refractivity contribution >= 4 is 23.4 Å². The van der Waals surface area contributed by atoms with Crippen LogP contribution in [0.2, 0.25) is 0 Å². The number of hydrogen-bond donors (Lipinski definition) is 1. The number of rotatable bonds is 10. The first-order valence-electron chi connectivity index (χ1n) is 9.00. The number of nitrogens with zero attached hydrogens (tertiary/aromatic N) is 1. The Labute approximate surface area is 160 Å². The number of carbonyl (C=O) groups is 1. The van der Waals surface area contributed by atoms with Gasteiger partial charge in [-0.05, 0) is 61.3 Å². The lowest BCUT2D eigenvalue weighted by atomic mass is 10.1. The topological polar surface area (TPSA) is 41.6 Å². The fraction of sp³-hybridized carbons (Fsp3) is 0.381. The minimum absolute atomic E-state index is 0.101. The number of carbonyl (C=O) groups excluding carboxylic acids is 1. The standard InChI is InChI=1S/C21H28N2O2S/c1-4-23(5-2)14-15-25-20-12-10-19(11-13-20)22-21(24)18-8-6-17(7-9-18)16-26-3/h6-13H,4-5,14-16H2,1-3H3,(H,22,24). The predicted molar refractivity (Wildman–Crippen MR) is 111 cm³/mol. The molecule has 5 heteroatoms. The summed E-state index contributed by atoms with van der Waals surface area (Å²) in [7, 11) is 0. The highest BCUT2D eigenvalue weighted by molar-refractivity contribution is 7.97. The minimum atomic E-state index is -0.101. The van der Waals surface area contributed by atoms with Crippen LogP contribution in [0.4, 0.5) is 5.69 Å². The van der Waals surface area contributed by atoms with E-state index in [1.54, 1.807) is 11.8 Å². The third-order valence-corrected chi connectivity index (χ3v) is 4.83. The molecule has 1 amide bonds. The van der Waals surface area contributed by atoms with E-state index in [0.29, 0.717) is 12.2 Å². The van der Waals surface area contributed by atoms with Crippen LogP contribution < -0.4 is 10.1 Å². The van der Waals surface area contributed by atoms with Gasteiger partial charge in [0, 0.05) is 23.5 Å². The third kappa shape index (κ3) is 6.39. The Hall–Kier alpha value is -1.98. The van der Waals surface area contributed by atoms with Gasteiger partial charge in [0.05, 0.1) is 0 Å². The van der Waals surface area contributed by atoms with E-state index in [2.05, 4.69) is 30.3 Å². The number of anilines is 1. The molecular formula is C21H28N2O2S. The Morgan fingerprint density at radius 3 is 2.27 bits per heavy atom. The smallest absolute Gasteiger partial charge is 0.255 e. The molecule has 140 valence electrons. The average molecular weight is 373 g/mol. The average Bonchev–Trinajstić information content (AvgIpc) is 2.67. The van der Waals surface area contributed by atoms with E-state index in [9.17, 15) is 4.79 Å². The number of amides is 1. The van der Waals surface area contributed by atoms with Crippen molar-refractivity contribution in [3.63, 3.8) is 0 Å². The molecule has 0 radical (unpaired) electrons. The molecule has 2 aromatic carbocycles. The van der Waals surface area contributed by atoms with Crippen LogP contribution in [0.1, 0.15) is 29.8 Å². The summed E-state index contributed by atoms with van der Waals surface area (Å²) >= 11 is 1.77. The summed E-state index contributed by atoms with van der Waals surface area (Å²) in [6, 6.07) is 15.2. The van der Waals surface area contributed by atoms with Crippen LogP contribution in [-0.4, -0.2) is 43.3 Å². The summed E-state index contributed by atoms with van der Waals surface area (Å²) < 4.78 is 5.76. The van der Waals surface area contributed by atoms with Gasteiger partial charge in [-0.1, -0.05) is 26.0 Å². The number of benzene rings is 2. The summed E-state index contributed by atoms with van der Waals surface area (Å²) in [6.07, 6.45) is 2.07. The fourth-order valence-corrected chi connectivity index (χ4v) is 3.11. The second kappa shape index (κ2) is 10.9. The molecule has 0 aliphatic carbocycles. The van der Waals surface area contributed by atoms with Crippen LogP contribution in [0.25, 0.3) is 0 Å². The summed E-state index contributed by atoms with van der Waals surface area (Å²) in [5.74, 6) is 1.67. The van der Waals surface area contributed by atoms with E-state index in [1.165, 1.54) is 5.56 Å². The summed E-state index contributed by atoms with van der Waals surface area (Å²) in [5, 5.41) is 2.92. The molecule has 0 atom stereocenters. The van der Waals surface area contributed by atoms with Crippen LogP contribution in [0.3, 0.4) is 0 Å². The van der Waals surface area contributed by atoms with Crippen molar-refractivity contribution in [2.75, 3.05) is 37.8 Å². The van der Waals surface area contributed by atoms with Crippen molar-refractivity contribution in [1.29, 1.82) is 0 Å². The highest BCUT2D eigenvalue weighted by atomic mass is 32.2. The maximum absolute atomic E-state index is 12.3. The molecule has 0 spiro atoms. The minimum Gasteiger partial charge on any atom is -0.492 e. The molecule has 0 aromatic heterocycles. The SMILES string of the molecule is CCN(CC)CCOc1ccc(NC(=O)c2ccc(CSC)cc2)cc1. The monoisotopic (exact) mass is 372 g/mol. The zero-order chi connectivity index (χ0) is 18.8. The van der Waals surface area contributed by atoms with Gasteiger partial charge in [-0.3, -0.25) is 4.79 Å². The molecule has 1 N–H and O–H groups in total. The molecule has 0 aliphatic rings. The van der Waals surface area contributed by atoms with Crippen LogP contribution in [0, 0.1) is 0 Å². The molecule has 0 unspecified atom stereocenters. The Morgan fingerprint density at radius 1 is 1.04 bits per heavy atom. The Kier molecular flexibility index (Phi) is 8.51. The van der Waals surface area contributed by atoms with Crippen molar-refractivity contribution in [3.05, 3.63) is 59.7 Å². The van der Waals surface area contributed by atoms with Crippen molar-refractivity contribution in [2.24, 2.45) is 0 Å². The summed E-state index contributed by atoms with van der Waals surface area (Å²) in [5.41, 5.74) is 2.65. The van der Waals surface area contributed by atoms with Crippen LogP contribution in [0.15, 0.2) is 48.5 Å². The molecule has 0 aliphatic heterocycles. The molecule has 2 aromatic rings. The van der Waals surface area contributed by atoms with E-state index in [4.69, 9.17) is 4.74 Å². The molecule has 2 rings (SSSR count).